The van der Waals surface area contributed by atoms with Gasteiger partial charge in [0, 0.05) is 6.04 Å². The highest BCUT2D eigenvalue weighted by atomic mass is 16.5. The number of ether oxygens (including phenoxy) is 1. The molecule has 3 rings (SSSR count). The van der Waals surface area contributed by atoms with Gasteiger partial charge in [-0.15, -0.1) is 0 Å². The molecule has 6 heteroatoms. The predicted molar refractivity (Wildman–Crippen MR) is 77.9 cm³/mol. The quantitative estimate of drug-likeness (QED) is 0.855. The molecule has 2 aliphatic carbocycles. The Morgan fingerprint density at radius 3 is 2.71 bits per heavy atom. The lowest BCUT2D eigenvalue weighted by molar-refractivity contribution is -0.151. The van der Waals surface area contributed by atoms with Crippen molar-refractivity contribution in [1.29, 1.82) is 0 Å². The summed E-state index contributed by atoms with van der Waals surface area (Å²) in [5.74, 6) is 1.58. The van der Waals surface area contributed by atoms with E-state index in [0.717, 1.165) is 50.2 Å². The van der Waals surface area contributed by atoms with E-state index < -0.39 is 5.54 Å². The number of aromatic nitrogens is 3. The number of hydrogen-bond acceptors (Lipinski definition) is 5. The second-order valence-electron chi connectivity index (χ2n) is 6.39. The number of rotatable bonds is 4. The Hall–Kier alpha value is -1.43. The highest BCUT2D eigenvalue weighted by molar-refractivity contribution is 5.81. The van der Waals surface area contributed by atoms with Crippen LogP contribution >= 0.6 is 0 Å². The molecule has 21 heavy (non-hydrogen) atoms. The van der Waals surface area contributed by atoms with Crippen LogP contribution in [0.1, 0.15) is 56.2 Å². The molecule has 2 saturated carbocycles. The summed E-state index contributed by atoms with van der Waals surface area (Å²) in [6.45, 7) is 3.88. The molecule has 6 nitrogen and oxygen atoms in total. The van der Waals surface area contributed by atoms with E-state index in [1.807, 2.05) is 18.5 Å². The average molecular weight is 292 g/mol. The third kappa shape index (κ3) is 2.81. The van der Waals surface area contributed by atoms with E-state index in [4.69, 9.17) is 4.74 Å². The fraction of sp³-hybridized carbons (Fsp3) is 0.800. The Bertz CT molecular complexity index is 538. The summed E-state index contributed by atoms with van der Waals surface area (Å²) in [6, 6.07) is 0.687. The number of hydrogen-bond donors (Lipinski definition) is 1. The van der Waals surface area contributed by atoms with Gasteiger partial charge in [0.15, 0.2) is 0 Å². The summed E-state index contributed by atoms with van der Waals surface area (Å²) in [5, 5.41) is 8.05. The summed E-state index contributed by atoms with van der Waals surface area (Å²) >= 11 is 0. The number of nitrogens with zero attached hydrogens (tertiary/aromatic N) is 3. The topological polar surface area (TPSA) is 69.0 Å². The number of carbonyl (C=O) groups is 1. The number of nitrogens with one attached hydrogen (secondary N) is 1. The SMILES string of the molecule is COC(=O)C1(NC2CC2)CCCC(n2nc(C)nc2C)C1. The Balaban J connectivity index is 1.84. The van der Waals surface area contributed by atoms with Crippen LogP contribution < -0.4 is 5.32 Å². The fourth-order valence-electron chi connectivity index (χ4n) is 3.53. The Morgan fingerprint density at radius 2 is 2.14 bits per heavy atom. The van der Waals surface area contributed by atoms with Gasteiger partial charge in [-0.05, 0) is 52.4 Å². The zero-order valence-electron chi connectivity index (χ0n) is 13.1. The molecule has 0 saturated heterocycles. The highest BCUT2D eigenvalue weighted by Gasteiger charge is 2.47. The molecule has 2 aliphatic rings. The van der Waals surface area contributed by atoms with Gasteiger partial charge in [-0.25, -0.2) is 9.67 Å². The number of methoxy groups -OCH3 is 1. The van der Waals surface area contributed by atoms with Crippen molar-refractivity contribution in [3.63, 3.8) is 0 Å². The lowest BCUT2D eigenvalue weighted by Crippen LogP contribution is -2.56. The first-order chi connectivity index (χ1) is 10.0. The van der Waals surface area contributed by atoms with Crippen LogP contribution in [0.5, 0.6) is 0 Å². The maximum atomic E-state index is 12.4. The van der Waals surface area contributed by atoms with Gasteiger partial charge in [0.1, 0.15) is 17.2 Å². The lowest BCUT2D eigenvalue weighted by atomic mass is 9.78. The molecule has 2 fully saturated rings. The molecule has 2 unspecified atom stereocenters. The molecule has 0 aromatic carbocycles. The van der Waals surface area contributed by atoms with Gasteiger partial charge in [0.05, 0.1) is 13.2 Å². The van der Waals surface area contributed by atoms with Crippen molar-refractivity contribution < 1.29 is 9.53 Å². The minimum atomic E-state index is -0.550. The molecule has 0 amide bonds. The van der Waals surface area contributed by atoms with Crippen LogP contribution in [0.3, 0.4) is 0 Å². The van der Waals surface area contributed by atoms with E-state index in [1.165, 1.54) is 7.11 Å². The second-order valence-corrected chi connectivity index (χ2v) is 6.39. The smallest absolute Gasteiger partial charge is 0.326 e. The molecule has 1 N–H and O–H groups in total. The van der Waals surface area contributed by atoms with Gasteiger partial charge in [0.25, 0.3) is 0 Å². The first kappa shape index (κ1) is 14.5. The predicted octanol–water partition coefficient (Wildman–Crippen LogP) is 1.67. The van der Waals surface area contributed by atoms with Gasteiger partial charge in [-0.3, -0.25) is 10.1 Å². The summed E-state index contributed by atoms with van der Waals surface area (Å²) in [5.41, 5.74) is -0.550. The monoisotopic (exact) mass is 292 g/mol. The van der Waals surface area contributed by atoms with Gasteiger partial charge in [0.2, 0.25) is 0 Å². The van der Waals surface area contributed by atoms with Gasteiger partial charge >= 0.3 is 5.97 Å². The van der Waals surface area contributed by atoms with Crippen molar-refractivity contribution in [3.05, 3.63) is 11.6 Å². The third-order valence-corrected chi connectivity index (χ3v) is 4.61. The van der Waals surface area contributed by atoms with E-state index in [2.05, 4.69) is 15.4 Å². The standard InChI is InChI=1S/C15H24N4O2/c1-10-16-11(2)19(18-10)13-5-4-8-15(9-13,14(20)21-3)17-12-6-7-12/h12-13,17H,4-9H2,1-3H3. The molecule has 1 heterocycles. The molecule has 0 radical (unpaired) electrons. The second kappa shape index (κ2) is 5.40. The summed E-state index contributed by atoms with van der Waals surface area (Å²) in [6.07, 6.45) is 5.93. The number of esters is 1. The van der Waals surface area contributed by atoms with Crippen molar-refractivity contribution in [2.75, 3.05) is 7.11 Å². The van der Waals surface area contributed by atoms with E-state index in [-0.39, 0.29) is 12.0 Å². The van der Waals surface area contributed by atoms with E-state index in [0.29, 0.717) is 6.04 Å². The van der Waals surface area contributed by atoms with Crippen molar-refractivity contribution in [1.82, 2.24) is 20.1 Å². The summed E-state index contributed by atoms with van der Waals surface area (Å²) in [4.78, 5) is 16.8. The van der Waals surface area contributed by atoms with Gasteiger partial charge in [-0.1, -0.05) is 0 Å². The average Bonchev–Trinajstić information content (AvgIpc) is 3.21. The highest BCUT2D eigenvalue weighted by Crippen LogP contribution is 2.38. The zero-order chi connectivity index (χ0) is 15.0. The molecule has 0 bridgehead atoms. The number of carbonyl (C=O) groups excluding carboxylic acids is 1. The molecule has 1 aromatic rings. The minimum absolute atomic E-state index is 0.131. The first-order valence-electron chi connectivity index (χ1n) is 7.80. The fourth-order valence-corrected chi connectivity index (χ4v) is 3.53. The number of aryl methyl sites for hydroxylation is 2. The maximum absolute atomic E-state index is 12.4. The molecule has 116 valence electrons. The van der Waals surface area contributed by atoms with Crippen LogP contribution in [0.4, 0.5) is 0 Å². The van der Waals surface area contributed by atoms with E-state index >= 15 is 0 Å². The summed E-state index contributed by atoms with van der Waals surface area (Å²) < 4.78 is 7.08. The van der Waals surface area contributed by atoms with Crippen LogP contribution in [0.2, 0.25) is 0 Å². The Morgan fingerprint density at radius 1 is 1.38 bits per heavy atom. The minimum Gasteiger partial charge on any atom is -0.468 e. The lowest BCUT2D eigenvalue weighted by Gasteiger charge is -2.39. The van der Waals surface area contributed by atoms with Crippen molar-refractivity contribution >= 4 is 5.97 Å². The maximum Gasteiger partial charge on any atom is 0.326 e. The van der Waals surface area contributed by atoms with Crippen LogP contribution in [-0.2, 0) is 9.53 Å². The Kier molecular flexibility index (Phi) is 3.73. The molecule has 0 aliphatic heterocycles. The third-order valence-electron chi connectivity index (χ3n) is 4.61. The summed E-state index contributed by atoms with van der Waals surface area (Å²) in [7, 11) is 1.48. The largest absolute Gasteiger partial charge is 0.468 e. The zero-order valence-corrected chi connectivity index (χ0v) is 13.1. The van der Waals surface area contributed by atoms with E-state index in [9.17, 15) is 4.79 Å². The van der Waals surface area contributed by atoms with E-state index in [1.54, 1.807) is 0 Å². The molecular weight excluding hydrogens is 268 g/mol. The molecule has 1 aromatic heterocycles. The molecule has 0 spiro atoms. The van der Waals surface area contributed by atoms with Crippen molar-refractivity contribution in [3.8, 4) is 0 Å². The van der Waals surface area contributed by atoms with Gasteiger partial charge in [-0.2, -0.15) is 5.10 Å². The van der Waals surface area contributed by atoms with Crippen molar-refractivity contribution in [2.45, 2.75) is 70.0 Å². The Labute approximate surface area is 125 Å². The normalized spacial score (nSPS) is 29.4. The van der Waals surface area contributed by atoms with Crippen LogP contribution in [0.25, 0.3) is 0 Å². The molecule has 2 atom stereocenters. The van der Waals surface area contributed by atoms with Crippen LogP contribution in [-0.4, -0.2) is 39.4 Å². The first-order valence-corrected chi connectivity index (χ1v) is 7.80. The molecular formula is C15H24N4O2. The van der Waals surface area contributed by atoms with Gasteiger partial charge < -0.3 is 4.74 Å². The van der Waals surface area contributed by atoms with Crippen molar-refractivity contribution in [2.24, 2.45) is 0 Å². The van der Waals surface area contributed by atoms with Crippen LogP contribution in [0.15, 0.2) is 0 Å². The van der Waals surface area contributed by atoms with Crippen LogP contribution in [0, 0.1) is 13.8 Å².